The van der Waals surface area contributed by atoms with Crippen LogP contribution in [0.3, 0.4) is 0 Å². The van der Waals surface area contributed by atoms with Crippen LogP contribution in [0.15, 0.2) is 78.9 Å². The second-order valence-corrected chi connectivity index (χ2v) is 6.48. The van der Waals surface area contributed by atoms with Crippen molar-refractivity contribution in [1.29, 1.82) is 0 Å². The summed E-state index contributed by atoms with van der Waals surface area (Å²) in [5.74, 6) is 0.442. The van der Waals surface area contributed by atoms with Crippen molar-refractivity contribution in [2.24, 2.45) is 0 Å². The maximum absolute atomic E-state index is 13.0. The number of aryl methyl sites for hydroxylation is 1. The topological polar surface area (TPSA) is 48.4 Å². The van der Waals surface area contributed by atoms with Crippen LogP contribution in [0.4, 0.5) is 0 Å². The van der Waals surface area contributed by atoms with Crippen molar-refractivity contribution >= 4 is 16.9 Å². The highest BCUT2D eigenvalue weighted by atomic mass is 16.6. The summed E-state index contributed by atoms with van der Waals surface area (Å²) in [5, 5.41) is 0.748. The molecule has 0 saturated heterocycles. The largest absolute Gasteiger partial charge is 0.493 e. The van der Waals surface area contributed by atoms with Gasteiger partial charge in [0.15, 0.2) is 11.5 Å². The smallest absolute Gasteiger partial charge is 0.344 e. The van der Waals surface area contributed by atoms with E-state index in [1.807, 2.05) is 61.5 Å². The maximum atomic E-state index is 13.0. The number of aromatic nitrogens is 1. The molecule has 0 aliphatic carbocycles. The minimum absolute atomic E-state index is 0.382. The monoisotopic (exact) mass is 369 g/mol. The molecule has 138 valence electrons. The number of hydrogen-bond donors (Lipinski definition) is 0. The molecule has 4 heteroatoms. The number of pyridine rings is 1. The van der Waals surface area contributed by atoms with Crippen molar-refractivity contribution in [3.63, 3.8) is 0 Å². The molecular formula is C24H19NO3. The van der Waals surface area contributed by atoms with Crippen LogP contribution >= 0.6 is 0 Å². The Kier molecular flexibility index (Phi) is 4.77. The van der Waals surface area contributed by atoms with Crippen LogP contribution in [0.25, 0.3) is 22.2 Å². The van der Waals surface area contributed by atoms with Crippen LogP contribution in [-0.4, -0.2) is 18.1 Å². The second kappa shape index (κ2) is 7.53. The summed E-state index contributed by atoms with van der Waals surface area (Å²) in [6, 6.07) is 24.5. The molecule has 0 aliphatic heterocycles. The third-order valence-electron chi connectivity index (χ3n) is 4.56. The summed E-state index contributed by atoms with van der Waals surface area (Å²) >= 11 is 0. The third-order valence-corrected chi connectivity index (χ3v) is 4.56. The first-order valence-corrected chi connectivity index (χ1v) is 8.98. The average molecular weight is 369 g/mol. The van der Waals surface area contributed by atoms with E-state index in [0.29, 0.717) is 17.1 Å². The van der Waals surface area contributed by atoms with E-state index in [-0.39, 0.29) is 0 Å². The van der Waals surface area contributed by atoms with Gasteiger partial charge < -0.3 is 9.47 Å². The van der Waals surface area contributed by atoms with Gasteiger partial charge in [-0.15, -0.1) is 0 Å². The third kappa shape index (κ3) is 3.45. The number of benzene rings is 3. The highest BCUT2D eigenvalue weighted by Crippen LogP contribution is 2.29. The van der Waals surface area contributed by atoms with Gasteiger partial charge in [0.05, 0.1) is 23.9 Å². The van der Waals surface area contributed by atoms with Crippen molar-refractivity contribution in [3.05, 3.63) is 90.0 Å². The molecule has 4 aromatic rings. The Balaban J connectivity index is 1.80. The van der Waals surface area contributed by atoms with Crippen LogP contribution in [0.1, 0.15) is 15.9 Å². The summed E-state index contributed by atoms with van der Waals surface area (Å²) in [4.78, 5) is 17.8. The standard InChI is InChI=1S/C24H19NO3/c1-16-11-13-17(14-12-16)21-15-19(18-7-3-4-8-20(18)25-21)24(26)28-23-10-6-5-9-22(23)27-2/h3-15H,1-2H3. The van der Waals surface area contributed by atoms with Gasteiger partial charge in [0.1, 0.15) is 0 Å². The fourth-order valence-corrected chi connectivity index (χ4v) is 3.07. The first-order chi connectivity index (χ1) is 13.7. The molecule has 0 bridgehead atoms. The Morgan fingerprint density at radius 1 is 0.857 bits per heavy atom. The molecule has 1 aromatic heterocycles. The van der Waals surface area contributed by atoms with Crippen molar-refractivity contribution in [3.8, 4) is 22.8 Å². The molecule has 0 aliphatic rings. The zero-order valence-corrected chi connectivity index (χ0v) is 15.7. The Labute approximate surface area is 163 Å². The van der Waals surface area contributed by atoms with Crippen LogP contribution in [-0.2, 0) is 0 Å². The van der Waals surface area contributed by atoms with Gasteiger partial charge in [-0.25, -0.2) is 9.78 Å². The first kappa shape index (κ1) is 17.7. The van der Waals surface area contributed by atoms with Gasteiger partial charge in [-0.1, -0.05) is 60.2 Å². The second-order valence-electron chi connectivity index (χ2n) is 6.48. The predicted octanol–water partition coefficient (Wildman–Crippen LogP) is 5.44. The van der Waals surface area contributed by atoms with Crippen molar-refractivity contribution in [2.75, 3.05) is 7.11 Å². The van der Waals surface area contributed by atoms with Crippen LogP contribution in [0.2, 0.25) is 0 Å². The van der Waals surface area contributed by atoms with E-state index in [0.717, 1.165) is 22.2 Å². The SMILES string of the molecule is COc1ccccc1OC(=O)c1cc(-c2ccc(C)cc2)nc2ccccc12. The molecule has 0 atom stereocenters. The molecule has 0 amide bonds. The summed E-state index contributed by atoms with van der Waals surface area (Å²) in [6.07, 6.45) is 0. The van der Waals surface area contributed by atoms with Gasteiger partial charge >= 0.3 is 5.97 Å². The minimum atomic E-state index is -0.448. The summed E-state index contributed by atoms with van der Waals surface area (Å²) in [7, 11) is 1.55. The maximum Gasteiger partial charge on any atom is 0.344 e. The number of nitrogens with zero attached hydrogens (tertiary/aromatic N) is 1. The number of methoxy groups -OCH3 is 1. The molecule has 0 fully saturated rings. The molecule has 4 rings (SSSR count). The van der Waals surface area contributed by atoms with Gasteiger partial charge in [-0.2, -0.15) is 0 Å². The number of carbonyl (C=O) groups excluding carboxylic acids is 1. The van der Waals surface area contributed by atoms with Gasteiger partial charge in [-0.05, 0) is 31.2 Å². The zero-order valence-electron chi connectivity index (χ0n) is 15.7. The van der Waals surface area contributed by atoms with Crippen molar-refractivity contribution < 1.29 is 14.3 Å². The van der Waals surface area contributed by atoms with E-state index >= 15 is 0 Å². The number of hydrogen-bond acceptors (Lipinski definition) is 4. The molecule has 0 spiro atoms. The first-order valence-electron chi connectivity index (χ1n) is 8.98. The molecule has 3 aromatic carbocycles. The Bertz CT molecular complexity index is 1150. The van der Waals surface area contributed by atoms with E-state index in [2.05, 4.69) is 0 Å². The number of para-hydroxylation sites is 3. The number of ether oxygens (including phenoxy) is 2. The average Bonchev–Trinajstić information content (AvgIpc) is 2.74. The van der Waals surface area contributed by atoms with Crippen LogP contribution in [0, 0.1) is 6.92 Å². The molecule has 0 unspecified atom stereocenters. The molecule has 1 heterocycles. The fourth-order valence-electron chi connectivity index (χ4n) is 3.07. The van der Waals surface area contributed by atoms with Gasteiger partial charge in [-0.3, -0.25) is 0 Å². The number of carbonyl (C=O) groups is 1. The molecule has 0 N–H and O–H groups in total. The Morgan fingerprint density at radius 2 is 1.54 bits per heavy atom. The zero-order chi connectivity index (χ0) is 19.5. The van der Waals surface area contributed by atoms with Crippen molar-refractivity contribution in [2.45, 2.75) is 6.92 Å². The van der Waals surface area contributed by atoms with Crippen LogP contribution in [0.5, 0.6) is 11.5 Å². The summed E-state index contributed by atoms with van der Waals surface area (Å²) in [6.45, 7) is 2.04. The molecule has 28 heavy (non-hydrogen) atoms. The lowest BCUT2D eigenvalue weighted by atomic mass is 10.0. The lowest BCUT2D eigenvalue weighted by molar-refractivity contribution is 0.0732. The quantitative estimate of drug-likeness (QED) is 0.355. The lowest BCUT2D eigenvalue weighted by Gasteiger charge is -2.12. The van der Waals surface area contributed by atoms with Gasteiger partial charge in [0, 0.05) is 10.9 Å². The van der Waals surface area contributed by atoms with Crippen LogP contribution < -0.4 is 9.47 Å². The molecule has 4 nitrogen and oxygen atoms in total. The van der Waals surface area contributed by atoms with E-state index in [1.165, 1.54) is 5.56 Å². The minimum Gasteiger partial charge on any atom is -0.493 e. The van der Waals surface area contributed by atoms with Gasteiger partial charge in [0.2, 0.25) is 0 Å². The van der Waals surface area contributed by atoms with Crippen molar-refractivity contribution in [1.82, 2.24) is 4.98 Å². The molecule has 0 saturated carbocycles. The lowest BCUT2D eigenvalue weighted by Crippen LogP contribution is -2.10. The summed E-state index contributed by atoms with van der Waals surface area (Å²) in [5.41, 5.74) is 4.05. The van der Waals surface area contributed by atoms with Gasteiger partial charge in [0.25, 0.3) is 0 Å². The van der Waals surface area contributed by atoms with E-state index in [1.54, 1.807) is 31.4 Å². The Hall–Kier alpha value is -3.66. The Morgan fingerprint density at radius 3 is 2.29 bits per heavy atom. The normalized spacial score (nSPS) is 10.6. The highest BCUT2D eigenvalue weighted by molar-refractivity contribution is 6.05. The molecule has 0 radical (unpaired) electrons. The highest BCUT2D eigenvalue weighted by Gasteiger charge is 2.17. The number of esters is 1. The fraction of sp³-hybridized carbons (Fsp3) is 0.0833. The number of fused-ring (bicyclic) bond motifs is 1. The van der Waals surface area contributed by atoms with E-state index < -0.39 is 5.97 Å². The van der Waals surface area contributed by atoms with E-state index in [9.17, 15) is 4.79 Å². The molecular weight excluding hydrogens is 350 g/mol. The summed E-state index contributed by atoms with van der Waals surface area (Å²) < 4.78 is 10.9. The number of rotatable bonds is 4. The van der Waals surface area contributed by atoms with E-state index in [4.69, 9.17) is 14.5 Å². The predicted molar refractivity (Wildman–Crippen MR) is 110 cm³/mol.